The fraction of sp³-hybridized carbons (Fsp3) is 0.167. The first-order valence-corrected chi connectivity index (χ1v) is 5.35. The molecule has 1 N–H and O–H groups in total. The van der Waals surface area contributed by atoms with E-state index in [1.807, 2.05) is 0 Å². The predicted octanol–water partition coefficient (Wildman–Crippen LogP) is 3.08. The first-order valence-electron chi connectivity index (χ1n) is 5.35. The fourth-order valence-electron chi connectivity index (χ4n) is 1.47. The molecule has 4 nitrogen and oxygen atoms in total. The van der Waals surface area contributed by atoms with Crippen LogP contribution in [0.4, 0.5) is 19.0 Å². The second kappa shape index (κ2) is 5.13. The van der Waals surface area contributed by atoms with Gasteiger partial charge in [-0.05, 0) is 24.3 Å². The molecule has 100 valence electrons. The van der Waals surface area contributed by atoms with Crippen LogP contribution in [0.15, 0.2) is 36.4 Å². The van der Waals surface area contributed by atoms with Gasteiger partial charge in [0.15, 0.2) is 0 Å². The number of halogens is 3. The van der Waals surface area contributed by atoms with E-state index in [1.54, 1.807) is 25.2 Å². The Kier molecular flexibility index (Phi) is 3.55. The normalized spacial score (nSPS) is 11.2. The third-order valence-electron chi connectivity index (χ3n) is 2.28. The molecule has 0 atom stereocenters. The average Bonchev–Trinajstić information content (AvgIpc) is 2.37. The maximum Gasteiger partial charge on any atom is 0.573 e. The van der Waals surface area contributed by atoms with Crippen molar-refractivity contribution in [2.75, 3.05) is 12.4 Å². The van der Waals surface area contributed by atoms with Crippen LogP contribution in [0.2, 0.25) is 0 Å². The van der Waals surface area contributed by atoms with Gasteiger partial charge in [0.1, 0.15) is 11.6 Å². The van der Waals surface area contributed by atoms with Gasteiger partial charge in [-0.3, -0.25) is 0 Å². The van der Waals surface area contributed by atoms with Crippen LogP contribution in [0.25, 0.3) is 11.3 Å². The first-order chi connectivity index (χ1) is 8.98. The second-order valence-electron chi connectivity index (χ2n) is 3.63. The number of ether oxygens (including phenoxy) is 1. The molecule has 0 saturated heterocycles. The van der Waals surface area contributed by atoms with Gasteiger partial charge in [-0.2, -0.15) is 0 Å². The largest absolute Gasteiger partial charge is 0.573 e. The number of nitrogens with zero attached hydrogens (tertiary/aromatic N) is 2. The van der Waals surface area contributed by atoms with E-state index < -0.39 is 6.36 Å². The summed E-state index contributed by atoms with van der Waals surface area (Å²) in [5, 5.41) is 10.6. The number of hydrogen-bond donors (Lipinski definition) is 1. The lowest BCUT2D eigenvalue weighted by atomic mass is 10.1. The zero-order chi connectivity index (χ0) is 13.9. The van der Waals surface area contributed by atoms with Gasteiger partial charge in [0.2, 0.25) is 0 Å². The van der Waals surface area contributed by atoms with E-state index in [0.29, 0.717) is 17.1 Å². The molecule has 0 aliphatic rings. The number of anilines is 1. The summed E-state index contributed by atoms with van der Waals surface area (Å²) in [5.41, 5.74) is 0.962. The number of rotatable bonds is 3. The average molecular weight is 269 g/mol. The summed E-state index contributed by atoms with van der Waals surface area (Å²) in [5.74, 6) is 0.288. The van der Waals surface area contributed by atoms with Crippen LogP contribution in [0.5, 0.6) is 5.75 Å². The molecule has 2 aromatic rings. The monoisotopic (exact) mass is 269 g/mol. The van der Waals surface area contributed by atoms with Crippen molar-refractivity contribution in [3.63, 3.8) is 0 Å². The molecule has 1 aromatic carbocycles. The number of aromatic nitrogens is 2. The van der Waals surface area contributed by atoms with Crippen molar-refractivity contribution in [3.8, 4) is 17.0 Å². The van der Waals surface area contributed by atoms with Crippen molar-refractivity contribution in [2.45, 2.75) is 6.36 Å². The van der Waals surface area contributed by atoms with Gasteiger partial charge in [-0.15, -0.1) is 23.4 Å². The van der Waals surface area contributed by atoms with Crippen molar-refractivity contribution in [2.24, 2.45) is 0 Å². The minimum Gasteiger partial charge on any atom is -0.406 e. The summed E-state index contributed by atoms with van der Waals surface area (Å²) in [7, 11) is 1.70. The first kappa shape index (κ1) is 13.1. The molecule has 0 radical (unpaired) electrons. The summed E-state index contributed by atoms with van der Waals surface area (Å²) in [6.07, 6.45) is -4.71. The van der Waals surface area contributed by atoms with E-state index in [0.717, 1.165) is 0 Å². The lowest BCUT2D eigenvalue weighted by molar-refractivity contribution is -0.274. The van der Waals surface area contributed by atoms with E-state index in [2.05, 4.69) is 20.3 Å². The summed E-state index contributed by atoms with van der Waals surface area (Å²) in [4.78, 5) is 0. The van der Waals surface area contributed by atoms with Gasteiger partial charge in [0.25, 0.3) is 0 Å². The topological polar surface area (TPSA) is 47.0 Å². The van der Waals surface area contributed by atoms with Crippen LogP contribution in [-0.2, 0) is 0 Å². The molecule has 19 heavy (non-hydrogen) atoms. The van der Waals surface area contributed by atoms with Crippen molar-refractivity contribution in [1.29, 1.82) is 0 Å². The lowest BCUT2D eigenvalue weighted by Gasteiger charge is -2.09. The molecule has 1 heterocycles. The number of benzene rings is 1. The number of alkyl halides is 3. The molecular formula is C12H10F3N3O. The summed E-state index contributed by atoms with van der Waals surface area (Å²) in [6, 6.07) is 8.92. The number of hydrogen-bond acceptors (Lipinski definition) is 4. The highest BCUT2D eigenvalue weighted by Gasteiger charge is 2.31. The minimum absolute atomic E-state index is 0.288. The molecule has 2 rings (SSSR count). The Balaban J connectivity index is 2.27. The second-order valence-corrected chi connectivity index (χ2v) is 3.63. The third-order valence-corrected chi connectivity index (χ3v) is 2.28. The van der Waals surface area contributed by atoms with E-state index in [9.17, 15) is 13.2 Å². The zero-order valence-corrected chi connectivity index (χ0v) is 9.90. The Bertz CT molecular complexity index is 555. The van der Waals surface area contributed by atoms with Crippen LogP contribution >= 0.6 is 0 Å². The van der Waals surface area contributed by atoms with Crippen LogP contribution in [-0.4, -0.2) is 23.6 Å². The molecule has 0 saturated carbocycles. The Morgan fingerprint density at radius 3 is 2.47 bits per heavy atom. The van der Waals surface area contributed by atoms with Gasteiger partial charge >= 0.3 is 6.36 Å². The molecular weight excluding hydrogens is 259 g/mol. The molecule has 0 fully saturated rings. The maximum atomic E-state index is 12.1. The molecule has 0 unspecified atom stereocenters. The SMILES string of the molecule is CNc1ccc(-c2cccc(OC(F)(F)F)c2)nn1. The summed E-state index contributed by atoms with van der Waals surface area (Å²) >= 11 is 0. The summed E-state index contributed by atoms with van der Waals surface area (Å²) < 4.78 is 40.2. The Morgan fingerprint density at radius 1 is 1.11 bits per heavy atom. The Labute approximate surface area is 107 Å². The Morgan fingerprint density at radius 2 is 1.89 bits per heavy atom. The molecule has 0 amide bonds. The number of nitrogens with one attached hydrogen (secondary N) is 1. The molecule has 0 aliphatic heterocycles. The van der Waals surface area contributed by atoms with Crippen molar-refractivity contribution >= 4 is 5.82 Å². The lowest BCUT2D eigenvalue weighted by Crippen LogP contribution is -2.17. The highest BCUT2D eigenvalue weighted by atomic mass is 19.4. The summed E-state index contributed by atoms with van der Waals surface area (Å²) in [6.45, 7) is 0. The van der Waals surface area contributed by atoms with Crippen LogP contribution in [0.1, 0.15) is 0 Å². The Hall–Kier alpha value is -2.31. The van der Waals surface area contributed by atoms with E-state index in [4.69, 9.17) is 0 Å². The maximum absolute atomic E-state index is 12.1. The zero-order valence-electron chi connectivity index (χ0n) is 9.90. The van der Waals surface area contributed by atoms with E-state index >= 15 is 0 Å². The molecule has 1 aromatic heterocycles. The van der Waals surface area contributed by atoms with E-state index in [1.165, 1.54) is 18.2 Å². The highest BCUT2D eigenvalue weighted by Crippen LogP contribution is 2.27. The predicted molar refractivity (Wildman–Crippen MR) is 63.7 cm³/mol. The fourth-order valence-corrected chi connectivity index (χ4v) is 1.47. The molecule has 7 heteroatoms. The minimum atomic E-state index is -4.71. The van der Waals surface area contributed by atoms with Gasteiger partial charge < -0.3 is 10.1 Å². The smallest absolute Gasteiger partial charge is 0.406 e. The quantitative estimate of drug-likeness (QED) is 0.930. The van der Waals surface area contributed by atoms with Crippen LogP contribution in [0.3, 0.4) is 0 Å². The van der Waals surface area contributed by atoms with Crippen LogP contribution in [0, 0.1) is 0 Å². The molecule has 0 spiro atoms. The van der Waals surface area contributed by atoms with Crippen LogP contribution < -0.4 is 10.1 Å². The van der Waals surface area contributed by atoms with Gasteiger partial charge in [-0.1, -0.05) is 12.1 Å². The highest BCUT2D eigenvalue weighted by molar-refractivity contribution is 5.61. The van der Waals surface area contributed by atoms with Crippen molar-refractivity contribution < 1.29 is 17.9 Å². The third kappa shape index (κ3) is 3.57. The molecule has 0 aliphatic carbocycles. The van der Waals surface area contributed by atoms with Crippen molar-refractivity contribution in [1.82, 2.24) is 10.2 Å². The van der Waals surface area contributed by atoms with Gasteiger partial charge in [0, 0.05) is 12.6 Å². The van der Waals surface area contributed by atoms with Gasteiger partial charge in [-0.25, -0.2) is 0 Å². The van der Waals surface area contributed by atoms with Crippen molar-refractivity contribution in [3.05, 3.63) is 36.4 Å². The van der Waals surface area contributed by atoms with Gasteiger partial charge in [0.05, 0.1) is 5.69 Å². The standard InChI is InChI=1S/C12H10F3N3O/c1-16-11-6-5-10(17-18-11)8-3-2-4-9(7-8)19-12(13,14)15/h2-7H,1H3,(H,16,18). The molecule has 0 bridgehead atoms. The van der Waals surface area contributed by atoms with E-state index in [-0.39, 0.29) is 5.75 Å².